The van der Waals surface area contributed by atoms with E-state index in [9.17, 15) is 9.59 Å². The summed E-state index contributed by atoms with van der Waals surface area (Å²) in [5.74, 6) is -0.350. The maximum Gasteiger partial charge on any atom is 0.309 e. The molecule has 1 heterocycles. The molecule has 184 valence electrons. The van der Waals surface area contributed by atoms with Crippen LogP contribution < -0.4 is 10.1 Å². The van der Waals surface area contributed by atoms with Gasteiger partial charge in [0.2, 0.25) is 11.8 Å². The first-order valence-corrected chi connectivity index (χ1v) is 11.6. The number of amides is 1. The molecular formula is C29H29N3O4. The quantitative estimate of drug-likeness (QED) is 0.344. The maximum absolute atomic E-state index is 12.2. The van der Waals surface area contributed by atoms with Gasteiger partial charge in [-0.05, 0) is 56.2 Å². The molecule has 0 spiro atoms. The number of carbonyl (C=O) groups excluding carboxylic acids is 2. The number of anilines is 1. The molecule has 0 atom stereocenters. The predicted molar refractivity (Wildman–Crippen MR) is 140 cm³/mol. The van der Waals surface area contributed by atoms with E-state index in [1.54, 1.807) is 16.8 Å². The van der Waals surface area contributed by atoms with Crippen molar-refractivity contribution in [1.29, 1.82) is 0 Å². The summed E-state index contributed by atoms with van der Waals surface area (Å²) in [4.78, 5) is 24.2. The molecule has 7 heteroatoms. The van der Waals surface area contributed by atoms with Gasteiger partial charge >= 0.3 is 5.97 Å². The Morgan fingerprint density at radius 2 is 1.64 bits per heavy atom. The van der Waals surface area contributed by atoms with Crippen LogP contribution in [0.5, 0.6) is 5.88 Å². The van der Waals surface area contributed by atoms with E-state index in [2.05, 4.69) is 17.4 Å². The van der Waals surface area contributed by atoms with E-state index in [4.69, 9.17) is 14.6 Å². The van der Waals surface area contributed by atoms with Crippen LogP contribution in [-0.2, 0) is 14.3 Å². The molecule has 4 rings (SSSR count). The monoisotopic (exact) mass is 483 g/mol. The van der Waals surface area contributed by atoms with Gasteiger partial charge in [0, 0.05) is 25.3 Å². The third kappa shape index (κ3) is 5.37. The number of rotatable bonds is 7. The highest BCUT2D eigenvalue weighted by Crippen LogP contribution is 2.41. The molecule has 0 saturated carbocycles. The van der Waals surface area contributed by atoms with Crippen LogP contribution in [0.25, 0.3) is 28.1 Å². The Hall–Kier alpha value is -4.23. The fraction of sp³-hybridized carbons (Fsp3) is 0.207. The van der Waals surface area contributed by atoms with Gasteiger partial charge in [0.1, 0.15) is 12.3 Å². The summed E-state index contributed by atoms with van der Waals surface area (Å²) in [5.41, 5.74) is 7.74. The van der Waals surface area contributed by atoms with Gasteiger partial charge in [-0.1, -0.05) is 53.6 Å². The van der Waals surface area contributed by atoms with Crippen molar-refractivity contribution in [3.8, 4) is 34.0 Å². The molecule has 36 heavy (non-hydrogen) atoms. The highest BCUT2D eigenvalue weighted by molar-refractivity contribution is 5.93. The lowest BCUT2D eigenvalue weighted by atomic mass is 10.00. The van der Waals surface area contributed by atoms with Gasteiger partial charge in [0.15, 0.2) is 0 Å². The SMILES string of the molecule is COCC(=O)Nc1ccc(-c2c(-c3cccc(C)c3)nn(-c3ccc(C)cc3C)c2OC(C)=O)cc1. The molecule has 1 aromatic heterocycles. The second kappa shape index (κ2) is 10.6. The highest BCUT2D eigenvalue weighted by Gasteiger charge is 2.25. The average molecular weight is 484 g/mol. The van der Waals surface area contributed by atoms with Crippen LogP contribution in [0.3, 0.4) is 0 Å². The largest absolute Gasteiger partial charge is 0.407 e. The van der Waals surface area contributed by atoms with Crippen LogP contribution in [0.15, 0.2) is 66.7 Å². The molecule has 3 aromatic carbocycles. The fourth-order valence-electron chi connectivity index (χ4n) is 4.14. The number of benzene rings is 3. The second-order valence-electron chi connectivity index (χ2n) is 8.75. The predicted octanol–water partition coefficient (Wildman–Crippen LogP) is 5.64. The number of aromatic nitrogens is 2. The second-order valence-corrected chi connectivity index (χ2v) is 8.75. The summed E-state index contributed by atoms with van der Waals surface area (Å²) in [6.45, 7) is 7.41. The Bertz CT molecular complexity index is 1420. The smallest absolute Gasteiger partial charge is 0.309 e. The zero-order chi connectivity index (χ0) is 25.8. The first-order valence-electron chi connectivity index (χ1n) is 11.6. The number of ether oxygens (including phenoxy) is 2. The molecule has 0 bridgehead atoms. The van der Waals surface area contributed by atoms with Crippen molar-refractivity contribution in [2.75, 3.05) is 19.0 Å². The average Bonchev–Trinajstić information content (AvgIpc) is 3.18. The minimum absolute atomic E-state index is 0.0292. The number of hydrogen-bond donors (Lipinski definition) is 1. The van der Waals surface area contributed by atoms with Crippen molar-refractivity contribution in [2.45, 2.75) is 27.7 Å². The molecular weight excluding hydrogens is 454 g/mol. The lowest BCUT2D eigenvalue weighted by molar-refractivity contribution is -0.132. The van der Waals surface area contributed by atoms with Gasteiger partial charge < -0.3 is 14.8 Å². The minimum atomic E-state index is -0.443. The molecule has 0 radical (unpaired) electrons. The number of nitrogens with one attached hydrogen (secondary N) is 1. The number of nitrogens with zero attached hydrogens (tertiary/aromatic N) is 2. The molecule has 0 unspecified atom stereocenters. The summed E-state index contributed by atoms with van der Waals surface area (Å²) >= 11 is 0. The van der Waals surface area contributed by atoms with Crippen LogP contribution >= 0.6 is 0 Å². The summed E-state index contributed by atoms with van der Waals surface area (Å²) in [6.07, 6.45) is 0. The van der Waals surface area contributed by atoms with Gasteiger partial charge in [0.05, 0.1) is 11.3 Å². The van der Waals surface area contributed by atoms with E-state index in [-0.39, 0.29) is 12.5 Å². The summed E-state index contributed by atoms with van der Waals surface area (Å²) < 4.78 is 12.4. The Balaban J connectivity index is 1.93. The van der Waals surface area contributed by atoms with Crippen molar-refractivity contribution < 1.29 is 19.1 Å². The maximum atomic E-state index is 12.2. The minimum Gasteiger partial charge on any atom is -0.407 e. The third-order valence-electron chi connectivity index (χ3n) is 5.69. The fourth-order valence-corrected chi connectivity index (χ4v) is 4.14. The van der Waals surface area contributed by atoms with Gasteiger partial charge in [-0.25, -0.2) is 0 Å². The Morgan fingerprint density at radius 1 is 0.917 bits per heavy atom. The van der Waals surface area contributed by atoms with Gasteiger partial charge in [0.25, 0.3) is 0 Å². The topological polar surface area (TPSA) is 82.4 Å². The number of aryl methyl sites for hydroxylation is 3. The number of hydrogen-bond acceptors (Lipinski definition) is 5. The number of methoxy groups -OCH3 is 1. The molecule has 4 aromatic rings. The van der Waals surface area contributed by atoms with E-state index in [1.165, 1.54) is 14.0 Å². The van der Waals surface area contributed by atoms with E-state index < -0.39 is 5.97 Å². The van der Waals surface area contributed by atoms with Crippen molar-refractivity contribution in [2.24, 2.45) is 0 Å². The summed E-state index contributed by atoms with van der Waals surface area (Å²) in [5, 5.41) is 7.76. The van der Waals surface area contributed by atoms with Gasteiger partial charge in [-0.3, -0.25) is 9.59 Å². The zero-order valence-electron chi connectivity index (χ0n) is 21.1. The van der Waals surface area contributed by atoms with Crippen molar-refractivity contribution in [3.05, 3.63) is 83.4 Å². The van der Waals surface area contributed by atoms with E-state index in [1.807, 2.05) is 63.2 Å². The van der Waals surface area contributed by atoms with Crippen molar-refractivity contribution in [1.82, 2.24) is 9.78 Å². The molecule has 0 fully saturated rings. The molecule has 0 saturated heterocycles. The van der Waals surface area contributed by atoms with E-state index in [0.29, 0.717) is 22.8 Å². The van der Waals surface area contributed by atoms with Gasteiger partial charge in [-0.15, -0.1) is 0 Å². The molecule has 0 aliphatic rings. The number of esters is 1. The van der Waals surface area contributed by atoms with Crippen molar-refractivity contribution in [3.63, 3.8) is 0 Å². The zero-order valence-corrected chi connectivity index (χ0v) is 21.1. The van der Waals surface area contributed by atoms with Crippen molar-refractivity contribution >= 4 is 17.6 Å². The van der Waals surface area contributed by atoms with Gasteiger partial charge in [-0.2, -0.15) is 9.78 Å². The first-order chi connectivity index (χ1) is 17.3. The normalized spacial score (nSPS) is 10.8. The lowest BCUT2D eigenvalue weighted by Crippen LogP contribution is -2.16. The van der Waals surface area contributed by atoms with Crippen LogP contribution in [0.1, 0.15) is 23.6 Å². The van der Waals surface area contributed by atoms with E-state index in [0.717, 1.165) is 33.5 Å². The van der Waals surface area contributed by atoms with Crippen LogP contribution in [0.2, 0.25) is 0 Å². The summed E-state index contributed by atoms with van der Waals surface area (Å²) in [7, 11) is 1.47. The molecule has 1 N–H and O–H groups in total. The highest BCUT2D eigenvalue weighted by atomic mass is 16.5. The Morgan fingerprint density at radius 3 is 2.28 bits per heavy atom. The molecule has 0 aliphatic heterocycles. The molecule has 1 amide bonds. The Labute approximate surface area is 210 Å². The van der Waals surface area contributed by atoms with Crippen LogP contribution in [-0.4, -0.2) is 35.4 Å². The third-order valence-corrected chi connectivity index (χ3v) is 5.69. The molecule has 7 nitrogen and oxygen atoms in total. The van der Waals surface area contributed by atoms with Crippen LogP contribution in [0, 0.1) is 20.8 Å². The number of carbonyl (C=O) groups is 2. The van der Waals surface area contributed by atoms with E-state index >= 15 is 0 Å². The molecule has 0 aliphatic carbocycles. The van der Waals surface area contributed by atoms with Crippen LogP contribution in [0.4, 0.5) is 5.69 Å². The summed E-state index contributed by atoms with van der Waals surface area (Å²) in [6, 6.07) is 21.4. The lowest BCUT2D eigenvalue weighted by Gasteiger charge is -2.12. The Kier molecular flexibility index (Phi) is 7.31. The first kappa shape index (κ1) is 24.9. The standard InChI is InChI=1S/C29H29N3O4/c1-18-7-6-8-23(16-18)28-27(22-10-12-24(13-11-22)30-26(34)17-35-5)29(36-21(4)33)32(31-28)25-14-9-19(2)15-20(25)3/h6-16H,17H2,1-5H3,(H,30,34).